The first-order valence-electron chi connectivity index (χ1n) is 2.54. The van der Waals surface area contributed by atoms with Gasteiger partial charge in [-0.05, 0) is 6.92 Å². The molecule has 3 nitrogen and oxygen atoms in total. The molecule has 0 rings (SSSR count). The van der Waals surface area contributed by atoms with Crippen molar-refractivity contribution in [2.75, 3.05) is 0 Å². The predicted molar refractivity (Wildman–Crippen MR) is 33.2 cm³/mol. The van der Waals surface area contributed by atoms with Gasteiger partial charge >= 0.3 is 0 Å². The zero-order valence-corrected chi connectivity index (χ0v) is 5.43. The molecule has 0 aromatic carbocycles. The predicted octanol–water partition coefficient (Wildman–Crippen LogP) is 0.550. The summed E-state index contributed by atoms with van der Waals surface area (Å²) in [5, 5.41) is 10.6. The highest BCUT2D eigenvalue weighted by atomic mass is 16.1. The molecule has 0 unspecified atom stereocenters. The van der Waals surface area contributed by atoms with E-state index in [0.29, 0.717) is 5.70 Å². The molecule has 0 bridgehead atoms. The quantitative estimate of drug-likeness (QED) is 0.519. The van der Waals surface area contributed by atoms with Crippen molar-refractivity contribution in [3.8, 4) is 6.07 Å². The molecule has 1 amide bonds. The molecule has 0 spiro atoms. The lowest BCUT2D eigenvalue weighted by Gasteiger charge is -1.93. The average Bonchev–Trinajstić information content (AvgIpc) is 1.82. The minimum absolute atomic E-state index is 0.218. The van der Waals surface area contributed by atoms with Crippen LogP contribution in [-0.4, -0.2) is 5.91 Å². The third kappa shape index (κ3) is 3.30. The highest BCUT2D eigenvalue weighted by molar-refractivity contribution is 5.75. The van der Waals surface area contributed by atoms with E-state index in [9.17, 15) is 4.79 Å². The standard InChI is InChI=1S/C6H8N2O/c1-3-6(4-7)8-5(2)9/h3H,1-2H3,(H,8,9). The minimum atomic E-state index is -0.218. The fraction of sp³-hybridized carbons (Fsp3) is 0.333. The van der Waals surface area contributed by atoms with E-state index in [-0.39, 0.29) is 5.91 Å². The molecular formula is C6H8N2O. The van der Waals surface area contributed by atoms with Crippen molar-refractivity contribution in [1.82, 2.24) is 5.32 Å². The van der Waals surface area contributed by atoms with E-state index < -0.39 is 0 Å². The van der Waals surface area contributed by atoms with Gasteiger partial charge in [0.1, 0.15) is 11.8 Å². The summed E-state index contributed by atoms with van der Waals surface area (Å²) in [4.78, 5) is 10.3. The van der Waals surface area contributed by atoms with Gasteiger partial charge in [0.2, 0.25) is 5.91 Å². The monoisotopic (exact) mass is 124 g/mol. The summed E-state index contributed by atoms with van der Waals surface area (Å²) in [6.45, 7) is 3.05. The van der Waals surface area contributed by atoms with Crippen molar-refractivity contribution in [1.29, 1.82) is 5.26 Å². The first kappa shape index (κ1) is 7.70. The molecule has 0 saturated carbocycles. The lowest BCUT2D eigenvalue weighted by molar-refractivity contribution is -0.118. The fourth-order valence-electron chi connectivity index (χ4n) is 0.354. The first-order valence-corrected chi connectivity index (χ1v) is 2.54. The van der Waals surface area contributed by atoms with Crippen LogP contribution in [0.3, 0.4) is 0 Å². The maximum atomic E-state index is 10.3. The minimum Gasteiger partial charge on any atom is -0.318 e. The topological polar surface area (TPSA) is 52.9 Å². The third-order valence-corrected chi connectivity index (χ3v) is 0.720. The number of hydrogen-bond donors (Lipinski definition) is 1. The summed E-state index contributed by atoms with van der Waals surface area (Å²) in [6, 6.07) is 1.81. The number of carbonyl (C=O) groups is 1. The van der Waals surface area contributed by atoms with E-state index >= 15 is 0 Å². The van der Waals surface area contributed by atoms with Crippen LogP contribution in [0.4, 0.5) is 0 Å². The molecule has 0 atom stereocenters. The third-order valence-electron chi connectivity index (χ3n) is 0.720. The van der Waals surface area contributed by atoms with E-state index in [0.717, 1.165) is 0 Å². The van der Waals surface area contributed by atoms with Crippen LogP contribution in [0.25, 0.3) is 0 Å². The van der Waals surface area contributed by atoms with Crippen LogP contribution >= 0.6 is 0 Å². The van der Waals surface area contributed by atoms with Gasteiger partial charge in [-0.2, -0.15) is 5.26 Å². The Bertz CT molecular complexity index is 176. The summed E-state index contributed by atoms with van der Waals surface area (Å²) >= 11 is 0. The van der Waals surface area contributed by atoms with Gasteiger partial charge in [-0.3, -0.25) is 4.79 Å². The molecule has 0 radical (unpaired) electrons. The van der Waals surface area contributed by atoms with Gasteiger partial charge in [0.25, 0.3) is 0 Å². The highest BCUT2D eigenvalue weighted by Gasteiger charge is 1.92. The lowest BCUT2D eigenvalue weighted by atomic mass is 10.4. The van der Waals surface area contributed by atoms with Crippen LogP contribution in [0.2, 0.25) is 0 Å². The Balaban J connectivity index is 3.91. The van der Waals surface area contributed by atoms with E-state index in [4.69, 9.17) is 5.26 Å². The molecule has 0 aliphatic heterocycles. The van der Waals surface area contributed by atoms with Gasteiger partial charge in [0.15, 0.2) is 0 Å². The number of nitrogens with zero attached hydrogens (tertiary/aromatic N) is 1. The summed E-state index contributed by atoms with van der Waals surface area (Å²) in [7, 11) is 0. The summed E-state index contributed by atoms with van der Waals surface area (Å²) in [6.07, 6.45) is 1.54. The Morgan fingerprint density at radius 3 is 2.44 bits per heavy atom. The van der Waals surface area contributed by atoms with Gasteiger partial charge in [0.05, 0.1) is 0 Å². The number of rotatable bonds is 1. The summed E-state index contributed by atoms with van der Waals surface area (Å²) in [5.74, 6) is -0.218. The van der Waals surface area contributed by atoms with E-state index in [2.05, 4.69) is 5.32 Å². The van der Waals surface area contributed by atoms with Crippen molar-refractivity contribution in [2.45, 2.75) is 13.8 Å². The second-order valence-corrected chi connectivity index (χ2v) is 1.50. The average molecular weight is 124 g/mol. The molecule has 0 heterocycles. The SMILES string of the molecule is CC=C(C#N)NC(C)=O. The van der Waals surface area contributed by atoms with Crippen LogP contribution in [0.5, 0.6) is 0 Å². The molecule has 0 aliphatic carbocycles. The maximum absolute atomic E-state index is 10.3. The molecule has 0 fully saturated rings. The summed E-state index contributed by atoms with van der Waals surface area (Å²) < 4.78 is 0. The number of amides is 1. The Labute approximate surface area is 54.0 Å². The molecule has 0 aromatic rings. The Morgan fingerprint density at radius 1 is 1.78 bits per heavy atom. The number of allylic oxidation sites excluding steroid dienone is 2. The van der Waals surface area contributed by atoms with Gasteiger partial charge in [-0.15, -0.1) is 0 Å². The Kier molecular flexibility index (Phi) is 3.14. The van der Waals surface area contributed by atoms with E-state index in [1.807, 2.05) is 6.07 Å². The van der Waals surface area contributed by atoms with Crippen LogP contribution in [0.1, 0.15) is 13.8 Å². The Hall–Kier alpha value is -1.30. The van der Waals surface area contributed by atoms with Crippen molar-refractivity contribution < 1.29 is 4.79 Å². The highest BCUT2D eigenvalue weighted by Crippen LogP contribution is 1.82. The van der Waals surface area contributed by atoms with Crippen molar-refractivity contribution in [3.63, 3.8) is 0 Å². The first-order chi connectivity index (χ1) is 4.20. The van der Waals surface area contributed by atoms with E-state index in [1.165, 1.54) is 6.92 Å². The zero-order chi connectivity index (χ0) is 7.28. The Morgan fingerprint density at radius 2 is 2.33 bits per heavy atom. The van der Waals surface area contributed by atoms with Crippen molar-refractivity contribution >= 4 is 5.91 Å². The zero-order valence-electron chi connectivity index (χ0n) is 5.43. The lowest BCUT2D eigenvalue weighted by Crippen LogP contribution is -2.17. The second kappa shape index (κ2) is 3.67. The second-order valence-electron chi connectivity index (χ2n) is 1.50. The number of carbonyl (C=O) groups excluding carboxylic acids is 1. The molecule has 9 heavy (non-hydrogen) atoms. The molecule has 48 valence electrons. The molecule has 0 saturated heterocycles. The number of hydrogen-bond acceptors (Lipinski definition) is 2. The van der Waals surface area contributed by atoms with Crippen LogP contribution in [0.15, 0.2) is 11.8 Å². The fourth-order valence-corrected chi connectivity index (χ4v) is 0.354. The normalized spacial score (nSPS) is 10.1. The number of nitriles is 1. The molecule has 0 aromatic heterocycles. The van der Waals surface area contributed by atoms with Gasteiger partial charge in [-0.25, -0.2) is 0 Å². The number of nitrogens with one attached hydrogen (secondary N) is 1. The van der Waals surface area contributed by atoms with Crippen molar-refractivity contribution in [3.05, 3.63) is 11.8 Å². The molecule has 0 aliphatic rings. The summed E-state index contributed by atoms with van der Waals surface area (Å²) in [5.41, 5.74) is 0.294. The molecule has 3 heteroatoms. The van der Waals surface area contributed by atoms with Crippen LogP contribution in [0, 0.1) is 11.3 Å². The van der Waals surface area contributed by atoms with Gasteiger partial charge < -0.3 is 5.32 Å². The van der Waals surface area contributed by atoms with Crippen LogP contribution < -0.4 is 5.32 Å². The smallest absolute Gasteiger partial charge is 0.221 e. The van der Waals surface area contributed by atoms with Crippen molar-refractivity contribution in [2.24, 2.45) is 0 Å². The molecule has 1 N–H and O–H groups in total. The molecular weight excluding hydrogens is 116 g/mol. The van der Waals surface area contributed by atoms with Gasteiger partial charge in [-0.1, -0.05) is 6.08 Å². The van der Waals surface area contributed by atoms with Crippen LogP contribution in [-0.2, 0) is 4.79 Å². The maximum Gasteiger partial charge on any atom is 0.221 e. The van der Waals surface area contributed by atoms with E-state index in [1.54, 1.807) is 13.0 Å². The van der Waals surface area contributed by atoms with Gasteiger partial charge in [0, 0.05) is 6.92 Å². The largest absolute Gasteiger partial charge is 0.318 e.